The number of carbonyl (C=O) groups is 5. The van der Waals surface area contributed by atoms with E-state index < -0.39 is 23.8 Å². The average Bonchev–Trinajstić information content (AvgIpc) is 3.14. The van der Waals surface area contributed by atoms with Gasteiger partial charge in [0.2, 0.25) is 17.7 Å². The van der Waals surface area contributed by atoms with E-state index in [1.165, 1.54) is 0 Å². The van der Waals surface area contributed by atoms with Crippen LogP contribution < -0.4 is 15.5 Å². The molecule has 4 aliphatic heterocycles. The molecular weight excluding hydrogens is 464 g/mol. The smallest absolute Gasteiger partial charge is 0.262 e. The van der Waals surface area contributed by atoms with Crippen LogP contribution in [0.3, 0.4) is 0 Å². The van der Waals surface area contributed by atoms with Crippen molar-refractivity contribution in [1.29, 1.82) is 0 Å². The molecule has 1 atom stereocenters. The van der Waals surface area contributed by atoms with Crippen LogP contribution in [0.25, 0.3) is 0 Å². The Labute approximate surface area is 209 Å². The lowest BCUT2D eigenvalue weighted by atomic mass is 10.0. The summed E-state index contributed by atoms with van der Waals surface area (Å²) < 4.78 is 0. The second-order valence-electron chi connectivity index (χ2n) is 9.88. The first-order chi connectivity index (χ1) is 17.4. The predicted molar refractivity (Wildman–Crippen MR) is 130 cm³/mol. The highest BCUT2D eigenvalue weighted by Crippen LogP contribution is 2.32. The van der Waals surface area contributed by atoms with Crippen LogP contribution in [0.2, 0.25) is 0 Å². The Morgan fingerprint density at radius 2 is 1.64 bits per heavy atom. The fourth-order valence-corrected chi connectivity index (χ4v) is 5.71. The Morgan fingerprint density at radius 3 is 2.31 bits per heavy atom. The van der Waals surface area contributed by atoms with E-state index in [1.54, 1.807) is 19.2 Å². The van der Waals surface area contributed by atoms with Gasteiger partial charge in [-0.05, 0) is 37.5 Å². The zero-order valence-corrected chi connectivity index (χ0v) is 20.5. The van der Waals surface area contributed by atoms with Crippen molar-refractivity contribution in [1.82, 2.24) is 25.3 Å². The molecule has 0 aliphatic carbocycles. The summed E-state index contributed by atoms with van der Waals surface area (Å²) in [6.45, 7) is 5.82. The van der Waals surface area contributed by atoms with Gasteiger partial charge in [0, 0.05) is 64.5 Å². The van der Waals surface area contributed by atoms with Gasteiger partial charge in [-0.25, -0.2) is 0 Å². The number of piperidine rings is 2. The third-order valence-corrected chi connectivity index (χ3v) is 7.82. The summed E-state index contributed by atoms with van der Waals surface area (Å²) in [5.74, 6) is -1.89. The Bertz CT molecular complexity index is 1090. The first-order valence-electron chi connectivity index (χ1n) is 12.6. The van der Waals surface area contributed by atoms with Crippen LogP contribution in [0.4, 0.5) is 5.69 Å². The van der Waals surface area contributed by atoms with Gasteiger partial charge in [-0.15, -0.1) is 0 Å². The second-order valence-corrected chi connectivity index (χ2v) is 9.88. The molecule has 1 unspecified atom stereocenters. The zero-order valence-electron chi connectivity index (χ0n) is 20.5. The van der Waals surface area contributed by atoms with Gasteiger partial charge in [-0.3, -0.25) is 44.0 Å². The zero-order chi connectivity index (χ0) is 25.4. The van der Waals surface area contributed by atoms with Gasteiger partial charge in [0.1, 0.15) is 6.04 Å². The minimum absolute atomic E-state index is 0.0477. The van der Waals surface area contributed by atoms with E-state index in [4.69, 9.17) is 0 Å². The normalized spacial score (nSPS) is 24.2. The molecule has 1 aromatic rings. The Morgan fingerprint density at radius 1 is 0.944 bits per heavy atom. The maximum absolute atomic E-state index is 13.1. The SMILES string of the molecule is CNC(=O)CN1CCN(C2CCN(c3ccc4c(c3)C(=O)N(C3CCC(=O)NC3=O)C4=O)CC2)CC1. The quantitative estimate of drug-likeness (QED) is 0.520. The lowest BCUT2D eigenvalue weighted by Crippen LogP contribution is -2.54. The van der Waals surface area contributed by atoms with Crippen molar-refractivity contribution < 1.29 is 24.0 Å². The van der Waals surface area contributed by atoms with Crippen LogP contribution in [-0.2, 0) is 14.4 Å². The summed E-state index contributed by atoms with van der Waals surface area (Å²) >= 11 is 0. The predicted octanol–water partition coefficient (Wildman–Crippen LogP) is -0.580. The van der Waals surface area contributed by atoms with Crippen molar-refractivity contribution in [3.8, 4) is 0 Å². The largest absolute Gasteiger partial charge is 0.371 e. The molecular formula is C25H32N6O5. The Hall–Kier alpha value is -3.31. The van der Waals surface area contributed by atoms with E-state index in [1.807, 2.05) is 6.07 Å². The molecule has 5 rings (SSSR count). The number of amides is 5. The molecule has 0 aromatic heterocycles. The van der Waals surface area contributed by atoms with Crippen molar-refractivity contribution in [3.05, 3.63) is 29.3 Å². The number of nitrogens with one attached hydrogen (secondary N) is 2. The van der Waals surface area contributed by atoms with Crippen LogP contribution in [0.5, 0.6) is 0 Å². The van der Waals surface area contributed by atoms with E-state index in [9.17, 15) is 24.0 Å². The van der Waals surface area contributed by atoms with Crippen LogP contribution in [0.1, 0.15) is 46.4 Å². The highest BCUT2D eigenvalue weighted by Gasteiger charge is 2.44. The number of hydrogen-bond donors (Lipinski definition) is 2. The van der Waals surface area contributed by atoms with Gasteiger partial charge in [0.05, 0.1) is 17.7 Å². The van der Waals surface area contributed by atoms with Gasteiger partial charge in [0.25, 0.3) is 11.8 Å². The number of anilines is 1. The van der Waals surface area contributed by atoms with Crippen molar-refractivity contribution >= 4 is 35.2 Å². The molecule has 0 saturated carbocycles. The third kappa shape index (κ3) is 4.60. The summed E-state index contributed by atoms with van der Waals surface area (Å²) in [6.07, 6.45) is 2.26. The van der Waals surface area contributed by atoms with Crippen LogP contribution in [0.15, 0.2) is 18.2 Å². The van der Waals surface area contributed by atoms with Gasteiger partial charge < -0.3 is 10.2 Å². The van der Waals surface area contributed by atoms with Gasteiger partial charge >= 0.3 is 0 Å². The summed E-state index contributed by atoms with van der Waals surface area (Å²) in [6, 6.07) is 4.85. The van der Waals surface area contributed by atoms with Crippen LogP contribution in [0, 0.1) is 0 Å². The topological polar surface area (TPSA) is 122 Å². The third-order valence-electron chi connectivity index (χ3n) is 7.82. The number of benzene rings is 1. The van der Waals surface area contributed by atoms with E-state index >= 15 is 0 Å². The van der Waals surface area contributed by atoms with Crippen molar-refractivity contribution in [2.75, 3.05) is 57.8 Å². The first-order valence-corrected chi connectivity index (χ1v) is 12.6. The first kappa shape index (κ1) is 24.4. The number of piperazine rings is 1. The molecule has 11 nitrogen and oxygen atoms in total. The second kappa shape index (κ2) is 9.98. The fraction of sp³-hybridized carbons (Fsp3) is 0.560. The molecule has 192 valence electrons. The highest BCUT2D eigenvalue weighted by atomic mass is 16.2. The van der Waals surface area contributed by atoms with Gasteiger partial charge in [-0.1, -0.05) is 0 Å². The molecule has 0 bridgehead atoms. The monoisotopic (exact) mass is 496 g/mol. The molecule has 3 saturated heterocycles. The number of hydrogen-bond acceptors (Lipinski definition) is 8. The average molecular weight is 497 g/mol. The number of fused-ring (bicyclic) bond motifs is 1. The van der Waals surface area contributed by atoms with Crippen molar-refractivity contribution in [3.63, 3.8) is 0 Å². The summed E-state index contributed by atoms with van der Waals surface area (Å²) in [7, 11) is 1.66. The van der Waals surface area contributed by atoms with E-state index in [0.29, 0.717) is 23.7 Å². The van der Waals surface area contributed by atoms with Crippen molar-refractivity contribution in [2.45, 2.75) is 37.8 Å². The molecule has 2 N–H and O–H groups in total. The number of rotatable bonds is 5. The number of likely N-dealkylation sites (N-methyl/N-ethyl adjacent to an activating group) is 1. The van der Waals surface area contributed by atoms with E-state index in [2.05, 4.69) is 25.3 Å². The lowest BCUT2D eigenvalue weighted by Gasteiger charge is -2.43. The van der Waals surface area contributed by atoms with E-state index in [0.717, 1.165) is 62.7 Å². The molecule has 1 aromatic carbocycles. The minimum atomic E-state index is -0.953. The molecule has 4 aliphatic rings. The molecule has 36 heavy (non-hydrogen) atoms. The minimum Gasteiger partial charge on any atom is -0.371 e. The van der Waals surface area contributed by atoms with Crippen LogP contribution in [-0.4, -0.2) is 109 Å². The fourth-order valence-electron chi connectivity index (χ4n) is 5.71. The molecule has 4 heterocycles. The maximum atomic E-state index is 13.1. The Balaban J connectivity index is 1.19. The standard InChI is InChI=1S/C25H32N6O5/c1-26-22(33)15-28-10-12-30(13-11-28)16-6-8-29(9-7-16)17-2-3-18-19(14-17)25(36)31(24(18)35)20-4-5-21(32)27-23(20)34/h2-3,14,16,20H,4-13,15H2,1H3,(H,26,33)(H,27,32,34). The summed E-state index contributed by atoms with van der Waals surface area (Å²) in [5.41, 5.74) is 1.52. The number of imide groups is 2. The van der Waals surface area contributed by atoms with Crippen LogP contribution >= 0.6 is 0 Å². The highest BCUT2D eigenvalue weighted by molar-refractivity contribution is 6.23. The molecule has 11 heteroatoms. The Kier molecular flexibility index (Phi) is 6.76. The maximum Gasteiger partial charge on any atom is 0.262 e. The molecule has 0 radical (unpaired) electrons. The molecule has 0 spiro atoms. The van der Waals surface area contributed by atoms with Gasteiger partial charge in [-0.2, -0.15) is 0 Å². The molecule has 5 amide bonds. The molecule has 3 fully saturated rings. The number of carbonyl (C=O) groups excluding carboxylic acids is 5. The summed E-state index contributed by atoms with van der Waals surface area (Å²) in [5, 5.41) is 4.90. The van der Waals surface area contributed by atoms with Crippen molar-refractivity contribution in [2.24, 2.45) is 0 Å². The van der Waals surface area contributed by atoms with E-state index in [-0.39, 0.29) is 24.7 Å². The summed E-state index contributed by atoms with van der Waals surface area (Å²) in [4.78, 5) is 69.4. The number of nitrogens with zero attached hydrogens (tertiary/aromatic N) is 4. The van der Waals surface area contributed by atoms with Gasteiger partial charge in [0.15, 0.2) is 0 Å². The lowest BCUT2D eigenvalue weighted by molar-refractivity contribution is -0.136.